The van der Waals surface area contributed by atoms with Gasteiger partial charge in [0, 0.05) is 18.5 Å². The average Bonchev–Trinajstić information content (AvgIpc) is 3.32. The maximum atomic E-state index is 12.8. The van der Waals surface area contributed by atoms with Crippen molar-refractivity contribution in [3.05, 3.63) is 35.0 Å². The lowest BCUT2D eigenvalue weighted by molar-refractivity contribution is -0.130. The average molecular weight is 342 g/mol. The summed E-state index contributed by atoms with van der Waals surface area (Å²) in [5.74, 6) is 0.817. The van der Waals surface area contributed by atoms with E-state index in [-0.39, 0.29) is 18.5 Å². The molecule has 1 aliphatic rings. The number of H-pyrrole nitrogens is 1. The summed E-state index contributed by atoms with van der Waals surface area (Å²) in [7, 11) is 1.87. The molecule has 1 N–H and O–H groups in total. The lowest BCUT2D eigenvalue weighted by Crippen LogP contribution is -2.38. The fourth-order valence-electron chi connectivity index (χ4n) is 3.25. The van der Waals surface area contributed by atoms with Crippen LogP contribution in [-0.2, 0) is 4.79 Å². The quantitative estimate of drug-likeness (QED) is 0.786. The molecule has 0 aromatic carbocycles. The smallest absolute Gasteiger partial charge is 0.242 e. The molecule has 7 nitrogen and oxygen atoms in total. The number of likely N-dealkylation sites (N-methyl/N-ethyl adjacent to an activating group) is 1. The van der Waals surface area contributed by atoms with Crippen molar-refractivity contribution in [1.82, 2.24) is 24.8 Å². The molecule has 1 saturated heterocycles. The molecule has 3 aromatic heterocycles. The van der Waals surface area contributed by atoms with Gasteiger partial charge < -0.3 is 14.8 Å². The number of likely N-dealkylation sites (tertiary alicyclic amines) is 1. The summed E-state index contributed by atoms with van der Waals surface area (Å²) in [6.45, 7) is 1.10. The van der Waals surface area contributed by atoms with Gasteiger partial charge in [-0.15, -0.1) is 11.3 Å². The molecule has 124 valence electrons. The van der Waals surface area contributed by atoms with Crippen LogP contribution in [0.15, 0.2) is 30.2 Å². The molecule has 0 radical (unpaired) electrons. The van der Waals surface area contributed by atoms with Gasteiger partial charge in [-0.3, -0.25) is 4.79 Å². The van der Waals surface area contributed by atoms with Crippen LogP contribution in [0.1, 0.15) is 23.8 Å². The third kappa shape index (κ3) is 2.62. The fourth-order valence-corrected chi connectivity index (χ4v) is 4.13. The minimum absolute atomic E-state index is 0.125. The zero-order valence-corrected chi connectivity index (χ0v) is 14.2. The highest BCUT2D eigenvalue weighted by Crippen LogP contribution is 2.34. The van der Waals surface area contributed by atoms with Crippen molar-refractivity contribution in [2.24, 2.45) is 0 Å². The number of aromatic nitrogens is 4. The van der Waals surface area contributed by atoms with Gasteiger partial charge in [-0.2, -0.15) is 0 Å². The number of amides is 1. The maximum Gasteiger partial charge on any atom is 0.242 e. The summed E-state index contributed by atoms with van der Waals surface area (Å²) in [6.07, 6.45) is 5.15. The zero-order valence-electron chi connectivity index (χ0n) is 13.3. The number of aromatic amines is 1. The van der Waals surface area contributed by atoms with Crippen molar-refractivity contribution in [3.63, 3.8) is 0 Å². The third-order valence-corrected chi connectivity index (χ3v) is 5.36. The first-order valence-electron chi connectivity index (χ1n) is 7.92. The highest BCUT2D eigenvalue weighted by atomic mass is 32.1. The van der Waals surface area contributed by atoms with Gasteiger partial charge >= 0.3 is 0 Å². The van der Waals surface area contributed by atoms with E-state index in [9.17, 15) is 4.79 Å². The van der Waals surface area contributed by atoms with Crippen LogP contribution in [0, 0.1) is 0 Å². The Morgan fingerprint density at radius 1 is 1.46 bits per heavy atom. The van der Waals surface area contributed by atoms with Crippen LogP contribution < -0.4 is 4.90 Å². The predicted octanol–water partition coefficient (Wildman–Crippen LogP) is 2.21. The Morgan fingerprint density at radius 2 is 2.38 bits per heavy atom. The van der Waals surface area contributed by atoms with Gasteiger partial charge in [-0.25, -0.2) is 15.0 Å². The highest BCUT2D eigenvalue weighted by molar-refractivity contribution is 7.10. The van der Waals surface area contributed by atoms with Gasteiger partial charge in [0.2, 0.25) is 5.91 Å². The number of carbonyl (C=O) groups is 1. The molecular weight excluding hydrogens is 324 g/mol. The molecule has 0 bridgehead atoms. The molecule has 1 amide bonds. The van der Waals surface area contributed by atoms with E-state index in [4.69, 9.17) is 0 Å². The van der Waals surface area contributed by atoms with Gasteiger partial charge in [0.05, 0.1) is 18.9 Å². The van der Waals surface area contributed by atoms with Crippen molar-refractivity contribution in [1.29, 1.82) is 0 Å². The monoisotopic (exact) mass is 342 g/mol. The van der Waals surface area contributed by atoms with E-state index in [1.165, 1.54) is 11.2 Å². The topological polar surface area (TPSA) is 78.0 Å². The first-order valence-corrected chi connectivity index (χ1v) is 8.80. The number of rotatable bonds is 4. The first kappa shape index (κ1) is 15.1. The number of fused-ring (bicyclic) bond motifs is 1. The molecule has 0 aliphatic carbocycles. The highest BCUT2D eigenvalue weighted by Gasteiger charge is 2.31. The molecule has 24 heavy (non-hydrogen) atoms. The van der Waals surface area contributed by atoms with Crippen LogP contribution in [-0.4, -0.2) is 50.9 Å². The van der Waals surface area contributed by atoms with Gasteiger partial charge in [0.15, 0.2) is 11.5 Å². The van der Waals surface area contributed by atoms with Crippen molar-refractivity contribution in [3.8, 4) is 0 Å². The molecule has 1 aliphatic heterocycles. The van der Waals surface area contributed by atoms with Gasteiger partial charge in [0.1, 0.15) is 11.8 Å². The van der Waals surface area contributed by atoms with Crippen molar-refractivity contribution >= 4 is 34.2 Å². The summed E-state index contributed by atoms with van der Waals surface area (Å²) in [4.78, 5) is 33.5. The molecule has 0 unspecified atom stereocenters. The van der Waals surface area contributed by atoms with Gasteiger partial charge in [-0.05, 0) is 24.3 Å². The minimum atomic E-state index is 0.125. The Hall–Kier alpha value is -2.48. The van der Waals surface area contributed by atoms with E-state index >= 15 is 0 Å². The Balaban J connectivity index is 1.52. The summed E-state index contributed by atoms with van der Waals surface area (Å²) in [6, 6.07) is 4.37. The number of imidazole rings is 1. The number of thiophene rings is 1. The molecule has 0 spiro atoms. The summed E-state index contributed by atoms with van der Waals surface area (Å²) in [5, 5.41) is 2.07. The first-order chi connectivity index (χ1) is 11.7. The molecule has 3 aromatic rings. The summed E-state index contributed by atoms with van der Waals surface area (Å²) < 4.78 is 0. The maximum absolute atomic E-state index is 12.8. The van der Waals surface area contributed by atoms with E-state index in [2.05, 4.69) is 31.4 Å². The molecule has 1 atom stereocenters. The number of nitrogens with one attached hydrogen (secondary N) is 1. The van der Waals surface area contributed by atoms with Crippen LogP contribution in [0.4, 0.5) is 5.82 Å². The lowest BCUT2D eigenvalue weighted by Gasteiger charge is -2.27. The molecular formula is C16H18N6OS. The Morgan fingerprint density at radius 3 is 3.21 bits per heavy atom. The fraction of sp³-hybridized carbons (Fsp3) is 0.375. The summed E-state index contributed by atoms with van der Waals surface area (Å²) >= 11 is 1.72. The van der Waals surface area contributed by atoms with Crippen LogP contribution in [0.2, 0.25) is 0 Å². The largest absolute Gasteiger partial charge is 0.348 e. The second-order valence-corrected chi connectivity index (χ2v) is 6.89. The van der Waals surface area contributed by atoms with E-state index in [1.807, 2.05) is 22.9 Å². The second-order valence-electron chi connectivity index (χ2n) is 5.92. The van der Waals surface area contributed by atoms with E-state index in [0.717, 1.165) is 24.9 Å². The summed E-state index contributed by atoms with van der Waals surface area (Å²) in [5.41, 5.74) is 1.36. The van der Waals surface area contributed by atoms with Crippen molar-refractivity contribution in [2.45, 2.75) is 18.9 Å². The van der Waals surface area contributed by atoms with Gasteiger partial charge in [0.25, 0.3) is 0 Å². The Labute approximate surface area is 143 Å². The molecule has 1 fully saturated rings. The van der Waals surface area contributed by atoms with Crippen LogP contribution >= 0.6 is 11.3 Å². The van der Waals surface area contributed by atoms with Crippen molar-refractivity contribution in [2.75, 3.05) is 25.0 Å². The molecule has 4 heterocycles. The van der Waals surface area contributed by atoms with Crippen molar-refractivity contribution < 1.29 is 4.79 Å². The number of nitrogens with zero attached hydrogens (tertiary/aromatic N) is 5. The third-order valence-electron chi connectivity index (χ3n) is 4.38. The minimum Gasteiger partial charge on any atom is -0.348 e. The van der Waals surface area contributed by atoms with E-state index in [0.29, 0.717) is 11.5 Å². The number of hydrogen-bond donors (Lipinski definition) is 1. The lowest BCUT2D eigenvalue weighted by atomic mass is 10.2. The standard InChI is InChI=1S/C16H18N6OS/c1-21(16-14-15(18-9-17-14)19-10-20-16)8-13(23)22-6-2-4-11(22)12-5-3-7-24-12/h3,5,7,9-11H,2,4,6,8H2,1H3,(H,17,18,19,20)/t11-/m1/s1. The molecule has 0 saturated carbocycles. The van der Waals surface area contributed by atoms with Crippen LogP contribution in [0.5, 0.6) is 0 Å². The number of hydrogen-bond acceptors (Lipinski definition) is 6. The molecule has 4 rings (SSSR count). The zero-order chi connectivity index (χ0) is 16.5. The number of anilines is 1. The Kier molecular flexibility index (Phi) is 3.89. The van der Waals surface area contributed by atoms with E-state index in [1.54, 1.807) is 17.7 Å². The van der Waals surface area contributed by atoms with Gasteiger partial charge in [-0.1, -0.05) is 6.07 Å². The van der Waals surface area contributed by atoms with Crippen LogP contribution in [0.3, 0.4) is 0 Å². The van der Waals surface area contributed by atoms with Crippen LogP contribution in [0.25, 0.3) is 11.2 Å². The SMILES string of the molecule is CN(CC(=O)N1CCC[C@@H]1c1cccs1)c1ncnc2nc[nH]c12. The Bertz CT molecular complexity index is 845. The second kappa shape index (κ2) is 6.20. The normalized spacial score (nSPS) is 17.5. The predicted molar refractivity (Wildman–Crippen MR) is 93.0 cm³/mol. The number of carbonyl (C=O) groups excluding carboxylic acids is 1. The van der Waals surface area contributed by atoms with E-state index < -0.39 is 0 Å². The molecule has 8 heteroatoms.